The van der Waals surface area contributed by atoms with Gasteiger partial charge in [-0.05, 0) is 12.5 Å². The third-order valence-electron chi connectivity index (χ3n) is 0.742. The zero-order valence-electron chi connectivity index (χ0n) is 4.48. The predicted octanol–water partition coefficient (Wildman–Crippen LogP) is -0.0802. The summed E-state index contributed by atoms with van der Waals surface area (Å²) >= 11 is 5.30. The van der Waals surface area contributed by atoms with Crippen molar-refractivity contribution in [2.45, 2.75) is 12.3 Å². The highest BCUT2D eigenvalue weighted by molar-refractivity contribution is 6.24. The Hall–Kier alpha value is -0.500. The van der Waals surface area contributed by atoms with Gasteiger partial charge in [-0.25, -0.2) is 0 Å². The van der Waals surface area contributed by atoms with Crippen molar-refractivity contribution in [3.63, 3.8) is 0 Å². The summed E-state index contributed by atoms with van der Waals surface area (Å²) < 4.78 is 0. The number of carboxylic acids is 1. The molecule has 2 nitrogen and oxygen atoms in total. The van der Waals surface area contributed by atoms with Crippen molar-refractivity contribution in [1.82, 2.24) is 0 Å². The summed E-state index contributed by atoms with van der Waals surface area (Å²) in [5, 5.41) is 9.30. The minimum absolute atomic E-state index is 0.0772. The molecule has 0 saturated carbocycles. The lowest BCUT2D eigenvalue weighted by Gasteiger charge is -2.06. The Kier molecular flexibility index (Phi) is 2.55. The van der Waals surface area contributed by atoms with Gasteiger partial charge in [0.2, 0.25) is 0 Å². The van der Waals surface area contributed by atoms with Gasteiger partial charge in [0.05, 0.1) is 11.3 Å². The van der Waals surface area contributed by atoms with E-state index in [1.165, 1.54) is 6.92 Å². The SMILES string of the molecule is C=C(C(=O)[O-])C(C)Cl. The molecule has 0 saturated heterocycles. The summed E-state index contributed by atoms with van der Waals surface area (Å²) in [7, 11) is 0. The number of carbonyl (C=O) groups excluding carboxylic acids is 1. The second-order valence-corrected chi connectivity index (χ2v) is 2.08. The number of hydrogen-bond donors (Lipinski definition) is 0. The number of hydrogen-bond acceptors (Lipinski definition) is 2. The molecule has 0 fully saturated rings. The van der Waals surface area contributed by atoms with Gasteiger partial charge in [-0.3, -0.25) is 0 Å². The molecule has 0 radical (unpaired) electrons. The predicted molar refractivity (Wildman–Crippen MR) is 29.5 cm³/mol. The van der Waals surface area contributed by atoms with Crippen LogP contribution in [0.2, 0.25) is 0 Å². The van der Waals surface area contributed by atoms with Gasteiger partial charge in [-0.15, -0.1) is 11.6 Å². The van der Waals surface area contributed by atoms with E-state index >= 15 is 0 Å². The molecule has 0 aromatic rings. The molecule has 8 heavy (non-hydrogen) atoms. The molecule has 1 atom stereocenters. The summed E-state index contributed by atoms with van der Waals surface area (Å²) in [5.41, 5.74) is -0.0772. The molecule has 46 valence electrons. The Morgan fingerprint density at radius 3 is 2.25 bits per heavy atom. The molecular formula is C5H6ClO2-. The Bertz CT molecular complexity index is 118. The minimum atomic E-state index is -1.28. The lowest BCUT2D eigenvalue weighted by molar-refractivity contribution is -0.299. The Morgan fingerprint density at radius 1 is 1.88 bits per heavy atom. The lowest BCUT2D eigenvalue weighted by Crippen LogP contribution is -2.27. The van der Waals surface area contributed by atoms with Crippen LogP contribution < -0.4 is 5.11 Å². The van der Waals surface area contributed by atoms with Crippen molar-refractivity contribution in [3.05, 3.63) is 12.2 Å². The van der Waals surface area contributed by atoms with Crippen molar-refractivity contribution in [1.29, 1.82) is 0 Å². The molecule has 0 aromatic heterocycles. The minimum Gasteiger partial charge on any atom is -0.545 e. The van der Waals surface area contributed by atoms with Crippen LogP contribution in [-0.4, -0.2) is 11.3 Å². The van der Waals surface area contributed by atoms with Crippen molar-refractivity contribution >= 4 is 17.6 Å². The van der Waals surface area contributed by atoms with Crippen LogP contribution in [0.25, 0.3) is 0 Å². The van der Waals surface area contributed by atoms with Gasteiger partial charge in [0.1, 0.15) is 0 Å². The van der Waals surface area contributed by atoms with Gasteiger partial charge in [-0.2, -0.15) is 0 Å². The first-order valence-electron chi connectivity index (χ1n) is 2.10. The molecule has 0 aromatic carbocycles. The summed E-state index contributed by atoms with van der Waals surface area (Å²) in [6, 6.07) is 0. The summed E-state index contributed by atoms with van der Waals surface area (Å²) in [5.74, 6) is -1.28. The topological polar surface area (TPSA) is 40.1 Å². The third-order valence-corrected chi connectivity index (χ3v) is 1.01. The van der Waals surface area contributed by atoms with Gasteiger partial charge in [-0.1, -0.05) is 6.58 Å². The molecule has 0 rings (SSSR count). The number of rotatable bonds is 2. The van der Waals surface area contributed by atoms with Gasteiger partial charge in [0.15, 0.2) is 0 Å². The van der Waals surface area contributed by atoms with Crippen LogP contribution in [0.15, 0.2) is 12.2 Å². The van der Waals surface area contributed by atoms with Crippen molar-refractivity contribution < 1.29 is 9.90 Å². The van der Waals surface area contributed by atoms with Gasteiger partial charge in [0.25, 0.3) is 0 Å². The Labute approximate surface area is 52.8 Å². The first-order valence-corrected chi connectivity index (χ1v) is 2.53. The number of carboxylic acid groups (broad SMARTS) is 1. The lowest BCUT2D eigenvalue weighted by atomic mass is 10.2. The zero-order chi connectivity index (χ0) is 6.73. The molecule has 0 aliphatic carbocycles. The molecular weight excluding hydrogens is 128 g/mol. The molecule has 0 N–H and O–H groups in total. The monoisotopic (exact) mass is 133 g/mol. The highest BCUT2D eigenvalue weighted by atomic mass is 35.5. The van der Waals surface area contributed by atoms with Crippen LogP contribution >= 0.6 is 11.6 Å². The summed E-state index contributed by atoms with van der Waals surface area (Å²) in [4.78, 5) is 9.85. The van der Waals surface area contributed by atoms with Crippen molar-refractivity contribution in [3.8, 4) is 0 Å². The molecule has 0 aliphatic heterocycles. The molecule has 3 heteroatoms. The maximum absolute atomic E-state index is 9.85. The largest absolute Gasteiger partial charge is 0.545 e. The number of alkyl halides is 1. The quantitative estimate of drug-likeness (QED) is 0.391. The van der Waals surface area contributed by atoms with Crippen LogP contribution in [0.1, 0.15) is 6.92 Å². The van der Waals surface area contributed by atoms with Gasteiger partial charge >= 0.3 is 0 Å². The van der Waals surface area contributed by atoms with E-state index in [9.17, 15) is 9.90 Å². The van der Waals surface area contributed by atoms with E-state index in [0.717, 1.165) is 0 Å². The van der Waals surface area contributed by atoms with Crippen LogP contribution in [0.5, 0.6) is 0 Å². The standard InChI is InChI=1S/C5H7ClO2/c1-3(4(2)6)5(7)8/h4H,1H2,2H3,(H,7,8)/p-1. The zero-order valence-corrected chi connectivity index (χ0v) is 5.23. The normalized spacial score (nSPS) is 12.8. The summed E-state index contributed by atoms with van der Waals surface area (Å²) in [6.45, 7) is 4.69. The van der Waals surface area contributed by atoms with Crippen LogP contribution in [0.3, 0.4) is 0 Å². The van der Waals surface area contributed by atoms with Crippen LogP contribution in [0, 0.1) is 0 Å². The molecule has 0 heterocycles. The average molecular weight is 134 g/mol. The van der Waals surface area contributed by atoms with Crippen molar-refractivity contribution in [2.75, 3.05) is 0 Å². The first kappa shape index (κ1) is 7.50. The Morgan fingerprint density at radius 2 is 2.25 bits per heavy atom. The molecule has 0 amide bonds. The third kappa shape index (κ3) is 1.98. The number of halogens is 1. The van der Waals surface area contributed by atoms with E-state index in [4.69, 9.17) is 11.6 Å². The van der Waals surface area contributed by atoms with E-state index in [1.807, 2.05) is 0 Å². The van der Waals surface area contributed by atoms with Gasteiger partial charge in [0, 0.05) is 0 Å². The second kappa shape index (κ2) is 2.72. The maximum atomic E-state index is 9.85. The average Bonchev–Trinajstić information content (AvgIpc) is 1.64. The summed E-state index contributed by atoms with van der Waals surface area (Å²) in [6.07, 6.45) is 0. The van der Waals surface area contributed by atoms with E-state index in [1.54, 1.807) is 0 Å². The van der Waals surface area contributed by atoms with E-state index < -0.39 is 11.3 Å². The number of carbonyl (C=O) groups is 1. The van der Waals surface area contributed by atoms with Crippen LogP contribution in [0.4, 0.5) is 0 Å². The van der Waals surface area contributed by atoms with Crippen molar-refractivity contribution in [2.24, 2.45) is 0 Å². The molecule has 1 unspecified atom stereocenters. The fourth-order valence-electron chi connectivity index (χ4n) is 0.162. The highest BCUT2D eigenvalue weighted by Crippen LogP contribution is 2.03. The maximum Gasteiger partial charge on any atom is 0.0683 e. The fourth-order valence-corrected chi connectivity index (χ4v) is 0.251. The molecule has 0 bridgehead atoms. The number of aliphatic carboxylic acids is 1. The first-order chi connectivity index (χ1) is 3.55. The van der Waals surface area contributed by atoms with E-state index in [2.05, 4.69) is 6.58 Å². The fraction of sp³-hybridized carbons (Fsp3) is 0.400. The molecule has 0 aliphatic rings. The van der Waals surface area contributed by atoms with E-state index in [-0.39, 0.29) is 5.57 Å². The van der Waals surface area contributed by atoms with E-state index in [0.29, 0.717) is 0 Å². The van der Waals surface area contributed by atoms with Crippen LogP contribution in [-0.2, 0) is 4.79 Å². The molecule has 0 spiro atoms. The van der Waals surface area contributed by atoms with Gasteiger partial charge < -0.3 is 9.90 Å². The Balaban J connectivity index is 3.84. The smallest absolute Gasteiger partial charge is 0.0683 e. The highest BCUT2D eigenvalue weighted by Gasteiger charge is 2.00. The second-order valence-electron chi connectivity index (χ2n) is 1.43.